The molecule has 22 heavy (non-hydrogen) atoms. The number of nitrogens with two attached hydrogens (primary N) is 2. The first-order valence-electron chi connectivity index (χ1n) is 7.49. The van der Waals surface area contributed by atoms with E-state index in [0.29, 0.717) is 12.8 Å². The topological polar surface area (TPSA) is 159 Å². The molecule has 0 fully saturated rings. The maximum Gasteiger partial charge on any atom is 0.451 e. The van der Waals surface area contributed by atoms with Gasteiger partial charge in [0.15, 0.2) is 0 Å². The fourth-order valence-electron chi connectivity index (χ4n) is 1.44. The third-order valence-corrected chi connectivity index (χ3v) is 2.31. The molecule has 0 aliphatic heterocycles. The maximum atomic E-state index is 10.9. The molecule has 0 rings (SSSR count). The summed E-state index contributed by atoms with van der Waals surface area (Å²) >= 11 is 0. The Morgan fingerprint density at radius 3 is 2.09 bits per heavy atom. The Hall–Kier alpha value is -1.16. The van der Waals surface area contributed by atoms with E-state index in [1.165, 1.54) is 13.5 Å². The van der Waals surface area contributed by atoms with Crippen LogP contribution < -0.4 is 16.8 Å². The molecule has 0 radical (unpaired) electrons. The number of amides is 1. The molecule has 132 valence electrons. The Morgan fingerprint density at radius 2 is 1.73 bits per heavy atom. The van der Waals surface area contributed by atoms with Gasteiger partial charge in [-0.3, -0.25) is 9.59 Å². The predicted molar refractivity (Wildman–Crippen MR) is 88.1 cm³/mol. The van der Waals surface area contributed by atoms with Crippen LogP contribution in [0, 0.1) is 5.92 Å². The van der Waals surface area contributed by atoms with Crippen LogP contribution in [0.25, 0.3) is 0 Å². The molecule has 0 saturated carbocycles. The minimum absolute atomic E-state index is 0.0631. The molecule has 0 spiro atoms. The highest BCUT2D eigenvalue weighted by Gasteiger charge is 2.15. The number of aliphatic carboxylic acids is 1. The molecule has 0 aliphatic rings. The van der Waals surface area contributed by atoms with Gasteiger partial charge in [0.1, 0.15) is 0 Å². The van der Waals surface area contributed by atoms with Crippen LogP contribution >= 0.6 is 0 Å². The number of nitrogens with one attached hydrogen (secondary N) is 1. The van der Waals surface area contributed by atoms with Crippen LogP contribution in [-0.2, 0) is 9.59 Å². The molecular weight excluding hydrogens is 289 g/mol. The number of carboxylic acid groups (broad SMARTS) is 1. The smallest absolute Gasteiger partial charge is 0.451 e. The number of rotatable bonds is 9. The van der Waals surface area contributed by atoms with Crippen molar-refractivity contribution in [2.24, 2.45) is 17.4 Å². The lowest BCUT2D eigenvalue weighted by Crippen LogP contribution is -2.34. The average molecular weight is 321 g/mol. The Balaban J connectivity index is -0.000000637. The average Bonchev–Trinajstić information content (AvgIpc) is 2.46. The molecule has 0 bridgehead atoms. The summed E-state index contributed by atoms with van der Waals surface area (Å²) in [7, 11) is 0.124. The molecular formula is C13H32BN3O5. The van der Waals surface area contributed by atoms with E-state index in [9.17, 15) is 9.59 Å². The highest BCUT2D eigenvalue weighted by Crippen LogP contribution is 2.13. The van der Waals surface area contributed by atoms with Crippen molar-refractivity contribution in [1.29, 1.82) is 0 Å². The summed E-state index contributed by atoms with van der Waals surface area (Å²) in [6.07, 6.45) is 2.39. The zero-order valence-electron chi connectivity index (χ0n) is 13.9. The van der Waals surface area contributed by atoms with Crippen molar-refractivity contribution in [3.8, 4) is 0 Å². The Kier molecular flexibility index (Phi) is 23.3. The first-order chi connectivity index (χ1) is 10.4. The van der Waals surface area contributed by atoms with E-state index in [-0.39, 0.29) is 37.7 Å². The number of carbonyl (C=O) groups excluding carboxylic acids is 1. The van der Waals surface area contributed by atoms with Crippen LogP contribution in [0.4, 0.5) is 0 Å². The summed E-state index contributed by atoms with van der Waals surface area (Å²) < 4.78 is 0. The standard InChI is InChI=1S/C9H19BN2O5.C3H8.CH5N/c11-5-8(13)12-6-7(4-9(14)15)2-1-3-10(16)17;1-3-2;1-2/h7,16-17H,1-6,11H2,(H,12,13)(H,14,15);3H2,1-2H3;2H2,1H3. The summed E-state index contributed by atoms with van der Waals surface area (Å²) in [5, 5.41) is 28.5. The van der Waals surface area contributed by atoms with Crippen LogP contribution in [0.1, 0.15) is 39.5 Å². The molecule has 1 amide bonds. The van der Waals surface area contributed by atoms with Crippen molar-refractivity contribution in [2.45, 2.75) is 45.9 Å². The first kappa shape index (κ1) is 25.8. The number of carbonyl (C=O) groups is 2. The fourth-order valence-corrected chi connectivity index (χ4v) is 1.44. The first-order valence-corrected chi connectivity index (χ1v) is 7.49. The molecule has 0 aromatic carbocycles. The quantitative estimate of drug-likeness (QED) is 0.309. The third-order valence-electron chi connectivity index (χ3n) is 2.31. The summed E-state index contributed by atoms with van der Waals surface area (Å²) in [6, 6.07) is 0. The van der Waals surface area contributed by atoms with Gasteiger partial charge in [0.25, 0.3) is 0 Å². The summed E-state index contributed by atoms with van der Waals surface area (Å²) in [5.41, 5.74) is 9.60. The molecule has 0 heterocycles. The second kappa shape index (κ2) is 19.8. The zero-order valence-corrected chi connectivity index (χ0v) is 13.9. The monoisotopic (exact) mass is 321 g/mol. The van der Waals surface area contributed by atoms with Gasteiger partial charge in [-0.1, -0.05) is 26.7 Å². The Labute approximate surface area is 133 Å². The Bertz CT molecular complexity index is 268. The van der Waals surface area contributed by atoms with Crippen LogP contribution in [0.2, 0.25) is 6.32 Å². The van der Waals surface area contributed by atoms with E-state index in [1.54, 1.807) is 0 Å². The highest BCUT2D eigenvalue weighted by molar-refractivity contribution is 6.40. The normalized spacial score (nSPS) is 10.3. The van der Waals surface area contributed by atoms with Gasteiger partial charge in [-0.05, 0) is 25.7 Å². The third kappa shape index (κ3) is 23.9. The van der Waals surface area contributed by atoms with Crippen molar-refractivity contribution < 1.29 is 24.7 Å². The van der Waals surface area contributed by atoms with Crippen LogP contribution in [0.15, 0.2) is 0 Å². The van der Waals surface area contributed by atoms with E-state index in [4.69, 9.17) is 20.9 Å². The van der Waals surface area contributed by atoms with Crippen LogP contribution in [0.5, 0.6) is 0 Å². The molecule has 1 unspecified atom stereocenters. The van der Waals surface area contributed by atoms with Crippen molar-refractivity contribution in [3.63, 3.8) is 0 Å². The second-order valence-corrected chi connectivity index (χ2v) is 4.59. The molecule has 9 heteroatoms. The minimum Gasteiger partial charge on any atom is -0.481 e. The molecule has 0 saturated heterocycles. The molecule has 8 nitrogen and oxygen atoms in total. The molecule has 0 aromatic rings. The van der Waals surface area contributed by atoms with Gasteiger partial charge < -0.3 is 31.9 Å². The van der Waals surface area contributed by atoms with E-state index < -0.39 is 13.1 Å². The number of carboxylic acids is 1. The van der Waals surface area contributed by atoms with Gasteiger partial charge in [0, 0.05) is 13.0 Å². The predicted octanol–water partition coefficient (Wildman–Crippen LogP) is -0.604. The summed E-state index contributed by atoms with van der Waals surface area (Å²) in [6.45, 7) is 4.36. The van der Waals surface area contributed by atoms with Gasteiger partial charge in [0.05, 0.1) is 6.54 Å². The summed E-state index contributed by atoms with van der Waals surface area (Å²) in [4.78, 5) is 21.5. The largest absolute Gasteiger partial charge is 0.481 e. The van der Waals surface area contributed by atoms with Gasteiger partial charge in [-0.15, -0.1) is 0 Å². The number of hydrogen-bond acceptors (Lipinski definition) is 6. The van der Waals surface area contributed by atoms with Crippen molar-refractivity contribution in [1.82, 2.24) is 5.32 Å². The Morgan fingerprint density at radius 1 is 1.23 bits per heavy atom. The lowest BCUT2D eigenvalue weighted by molar-refractivity contribution is -0.138. The van der Waals surface area contributed by atoms with Gasteiger partial charge in [-0.25, -0.2) is 0 Å². The van der Waals surface area contributed by atoms with Crippen LogP contribution in [-0.4, -0.2) is 54.3 Å². The lowest BCUT2D eigenvalue weighted by atomic mass is 9.82. The lowest BCUT2D eigenvalue weighted by Gasteiger charge is -2.15. The van der Waals surface area contributed by atoms with Crippen molar-refractivity contribution in [2.75, 3.05) is 20.1 Å². The molecule has 8 N–H and O–H groups in total. The minimum atomic E-state index is -1.38. The zero-order chi connectivity index (χ0) is 18.0. The van der Waals surface area contributed by atoms with E-state index in [0.717, 1.165) is 0 Å². The van der Waals surface area contributed by atoms with Gasteiger partial charge in [-0.2, -0.15) is 0 Å². The fraction of sp³-hybridized carbons (Fsp3) is 0.846. The second-order valence-electron chi connectivity index (χ2n) is 4.59. The van der Waals surface area contributed by atoms with Crippen molar-refractivity contribution in [3.05, 3.63) is 0 Å². The SMILES string of the molecule is CCC.CN.NCC(=O)NCC(CCCB(O)O)CC(=O)O. The van der Waals surface area contributed by atoms with Gasteiger partial charge >= 0.3 is 13.1 Å². The number of hydrogen-bond donors (Lipinski definition) is 6. The highest BCUT2D eigenvalue weighted by atomic mass is 16.4. The van der Waals surface area contributed by atoms with E-state index in [2.05, 4.69) is 24.9 Å². The van der Waals surface area contributed by atoms with Gasteiger partial charge in [0.2, 0.25) is 5.91 Å². The van der Waals surface area contributed by atoms with E-state index >= 15 is 0 Å². The molecule has 0 aliphatic carbocycles. The molecule has 1 atom stereocenters. The van der Waals surface area contributed by atoms with E-state index in [1.807, 2.05) is 0 Å². The van der Waals surface area contributed by atoms with Crippen molar-refractivity contribution >= 4 is 19.0 Å². The maximum absolute atomic E-state index is 10.9. The van der Waals surface area contributed by atoms with Crippen LogP contribution in [0.3, 0.4) is 0 Å². The molecule has 0 aromatic heterocycles. The summed E-state index contributed by atoms with van der Waals surface area (Å²) in [5.74, 6) is -1.49.